The Morgan fingerprint density at radius 1 is 1.21 bits per heavy atom. The van der Waals surface area contributed by atoms with Crippen LogP contribution in [0.2, 0.25) is 0 Å². The van der Waals surface area contributed by atoms with Crippen LogP contribution in [0.3, 0.4) is 0 Å². The largest absolute Gasteiger partial charge is 0.334 e. The number of halogens is 1. The Morgan fingerprint density at radius 2 is 1.84 bits per heavy atom. The van der Waals surface area contributed by atoms with Gasteiger partial charge in [0, 0.05) is 4.47 Å². The van der Waals surface area contributed by atoms with E-state index < -0.39 is 5.54 Å². The van der Waals surface area contributed by atoms with Crippen molar-refractivity contribution in [1.82, 2.24) is 5.32 Å². The summed E-state index contributed by atoms with van der Waals surface area (Å²) in [6.07, 6.45) is 5.80. The predicted octanol–water partition coefficient (Wildman–Crippen LogP) is 3.80. The van der Waals surface area contributed by atoms with Gasteiger partial charge in [-0.1, -0.05) is 37.8 Å². The van der Waals surface area contributed by atoms with Gasteiger partial charge in [0.15, 0.2) is 0 Å². The molecule has 0 spiro atoms. The molecule has 1 aliphatic rings. The third-order valence-electron chi connectivity index (χ3n) is 3.64. The van der Waals surface area contributed by atoms with Crippen LogP contribution in [0.4, 0.5) is 0 Å². The van der Waals surface area contributed by atoms with Crippen LogP contribution < -0.4 is 5.32 Å². The van der Waals surface area contributed by atoms with E-state index in [1.807, 2.05) is 18.2 Å². The topological polar surface area (TPSA) is 52.9 Å². The zero-order valence-electron chi connectivity index (χ0n) is 10.8. The van der Waals surface area contributed by atoms with E-state index in [0.717, 1.165) is 43.0 Å². The van der Waals surface area contributed by atoms with E-state index in [4.69, 9.17) is 0 Å². The molecule has 0 unspecified atom stereocenters. The second-order valence-corrected chi connectivity index (χ2v) is 5.90. The first-order valence-electron chi connectivity index (χ1n) is 6.65. The molecule has 1 saturated carbocycles. The Bertz CT molecular complexity index is 499. The number of hydrogen-bond acceptors (Lipinski definition) is 2. The molecule has 1 fully saturated rings. The van der Waals surface area contributed by atoms with Gasteiger partial charge in [0.2, 0.25) is 0 Å². The normalized spacial score (nSPS) is 18.1. The number of hydrogen-bond donors (Lipinski definition) is 1. The number of carbonyl (C=O) groups excluding carboxylic acids is 1. The van der Waals surface area contributed by atoms with Crippen molar-refractivity contribution in [3.05, 3.63) is 34.3 Å². The van der Waals surface area contributed by atoms with Crippen LogP contribution in [0.15, 0.2) is 28.7 Å². The summed E-state index contributed by atoms with van der Waals surface area (Å²) in [5.41, 5.74) is -0.107. The molecule has 0 bridgehead atoms. The molecule has 0 radical (unpaired) electrons. The van der Waals surface area contributed by atoms with Crippen LogP contribution in [0.5, 0.6) is 0 Å². The summed E-state index contributed by atoms with van der Waals surface area (Å²) in [6, 6.07) is 9.62. The van der Waals surface area contributed by atoms with Crippen molar-refractivity contribution >= 4 is 21.8 Å². The van der Waals surface area contributed by atoms with E-state index >= 15 is 0 Å². The minimum absolute atomic E-state index is 0.170. The van der Waals surface area contributed by atoms with Crippen molar-refractivity contribution < 1.29 is 4.79 Å². The number of nitrogens with one attached hydrogen (secondary N) is 1. The third-order valence-corrected chi connectivity index (χ3v) is 4.33. The molecule has 4 heteroatoms. The van der Waals surface area contributed by atoms with Crippen molar-refractivity contribution in [2.45, 2.75) is 44.1 Å². The van der Waals surface area contributed by atoms with Gasteiger partial charge in [0.05, 0.1) is 11.6 Å². The minimum Gasteiger partial charge on any atom is -0.334 e. The molecular formula is C15H17BrN2O. The maximum atomic E-state index is 12.3. The van der Waals surface area contributed by atoms with Crippen LogP contribution in [-0.4, -0.2) is 11.4 Å². The van der Waals surface area contributed by atoms with Crippen LogP contribution in [0.1, 0.15) is 48.9 Å². The van der Waals surface area contributed by atoms with E-state index in [9.17, 15) is 10.1 Å². The summed E-state index contributed by atoms with van der Waals surface area (Å²) in [7, 11) is 0. The maximum Gasteiger partial charge on any atom is 0.253 e. The van der Waals surface area contributed by atoms with E-state index in [1.165, 1.54) is 0 Å². The SMILES string of the molecule is N#CC1(NC(=O)c2ccccc2Br)CCCCCC1. The fourth-order valence-corrected chi connectivity index (χ4v) is 2.99. The highest BCUT2D eigenvalue weighted by molar-refractivity contribution is 9.10. The van der Waals surface area contributed by atoms with Gasteiger partial charge < -0.3 is 5.32 Å². The summed E-state index contributed by atoms with van der Waals surface area (Å²) in [5, 5.41) is 12.4. The second-order valence-electron chi connectivity index (χ2n) is 5.04. The number of rotatable bonds is 2. The van der Waals surface area contributed by atoms with Crippen molar-refractivity contribution in [1.29, 1.82) is 5.26 Å². The Morgan fingerprint density at radius 3 is 2.42 bits per heavy atom. The molecule has 2 rings (SSSR count). The Labute approximate surface area is 122 Å². The fraction of sp³-hybridized carbons (Fsp3) is 0.467. The number of carbonyl (C=O) groups is 1. The second kappa shape index (κ2) is 6.21. The summed E-state index contributed by atoms with van der Waals surface area (Å²) in [6.45, 7) is 0. The molecule has 0 heterocycles. The lowest BCUT2D eigenvalue weighted by Gasteiger charge is -2.26. The number of nitrogens with zero attached hydrogens (tertiary/aromatic N) is 1. The lowest BCUT2D eigenvalue weighted by atomic mass is 9.91. The molecule has 0 atom stereocenters. The van der Waals surface area contributed by atoms with Crippen LogP contribution in [-0.2, 0) is 0 Å². The van der Waals surface area contributed by atoms with Gasteiger partial charge in [0.25, 0.3) is 5.91 Å². The minimum atomic E-state index is -0.692. The van der Waals surface area contributed by atoms with Crippen molar-refractivity contribution in [3.63, 3.8) is 0 Å². The molecule has 0 aliphatic heterocycles. The number of benzene rings is 1. The highest BCUT2D eigenvalue weighted by atomic mass is 79.9. The highest BCUT2D eigenvalue weighted by Crippen LogP contribution is 2.27. The molecule has 100 valence electrons. The van der Waals surface area contributed by atoms with Gasteiger partial charge in [-0.2, -0.15) is 5.26 Å². The Kier molecular flexibility index (Phi) is 4.60. The highest BCUT2D eigenvalue weighted by Gasteiger charge is 2.33. The first-order valence-corrected chi connectivity index (χ1v) is 7.44. The Balaban J connectivity index is 2.17. The van der Waals surface area contributed by atoms with Gasteiger partial charge in [0.1, 0.15) is 5.54 Å². The van der Waals surface area contributed by atoms with E-state index in [0.29, 0.717) is 5.56 Å². The third kappa shape index (κ3) is 3.36. The standard InChI is InChI=1S/C15H17BrN2O/c16-13-8-4-3-7-12(13)14(19)18-15(11-17)9-5-1-2-6-10-15/h3-4,7-8H,1-2,5-6,9-10H2,(H,18,19). The number of nitriles is 1. The molecule has 1 N–H and O–H groups in total. The van der Waals surface area contributed by atoms with Gasteiger partial charge in [-0.05, 0) is 40.9 Å². The van der Waals surface area contributed by atoms with Crippen molar-refractivity contribution in [2.24, 2.45) is 0 Å². The average molecular weight is 321 g/mol. The maximum absolute atomic E-state index is 12.3. The molecule has 0 aromatic heterocycles. The van der Waals surface area contributed by atoms with E-state index in [1.54, 1.807) is 6.07 Å². The first-order chi connectivity index (χ1) is 9.17. The average Bonchev–Trinajstić information content (AvgIpc) is 2.65. The molecule has 0 saturated heterocycles. The van der Waals surface area contributed by atoms with Gasteiger partial charge in [-0.15, -0.1) is 0 Å². The van der Waals surface area contributed by atoms with Crippen LogP contribution >= 0.6 is 15.9 Å². The molecule has 1 aliphatic carbocycles. The molecule has 1 aromatic carbocycles. The first kappa shape index (κ1) is 14.1. The molecule has 1 amide bonds. The lowest BCUT2D eigenvalue weighted by molar-refractivity contribution is 0.0912. The van der Waals surface area contributed by atoms with Crippen LogP contribution in [0, 0.1) is 11.3 Å². The van der Waals surface area contributed by atoms with Gasteiger partial charge in [-0.3, -0.25) is 4.79 Å². The summed E-state index contributed by atoms with van der Waals surface area (Å²) >= 11 is 3.37. The quantitative estimate of drug-likeness (QED) is 0.843. The Hall–Kier alpha value is -1.34. The fourth-order valence-electron chi connectivity index (χ4n) is 2.53. The monoisotopic (exact) mass is 320 g/mol. The zero-order chi connectivity index (χ0) is 13.7. The number of amides is 1. The van der Waals surface area contributed by atoms with Gasteiger partial charge >= 0.3 is 0 Å². The molecule has 19 heavy (non-hydrogen) atoms. The summed E-state index contributed by atoms with van der Waals surface area (Å²) < 4.78 is 0.759. The van der Waals surface area contributed by atoms with Crippen molar-refractivity contribution in [3.8, 4) is 6.07 Å². The summed E-state index contributed by atoms with van der Waals surface area (Å²) in [5.74, 6) is -0.170. The molecule has 3 nitrogen and oxygen atoms in total. The smallest absolute Gasteiger partial charge is 0.253 e. The van der Waals surface area contributed by atoms with Gasteiger partial charge in [-0.25, -0.2) is 0 Å². The zero-order valence-corrected chi connectivity index (χ0v) is 12.4. The van der Waals surface area contributed by atoms with Crippen molar-refractivity contribution in [2.75, 3.05) is 0 Å². The predicted molar refractivity (Wildman–Crippen MR) is 77.7 cm³/mol. The van der Waals surface area contributed by atoms with Crippen LogP contribution in [0.25, 0.3) is 0 Å². The molecule has 1 aromatic rings. The summed E-state index contributed by atoms with van der Waals surface area (Å²) in [4.78, 5) is 12.3. The molecular weight excluding hydrogens is 304 g/mol. The van der Waals surface area contributed by atoms with E-state index in [2.05, 4.69) is 27.3 Å². The van der Waals surface area contributed by atoms with E-state index in [-0.39, 0.29) is 5.91 Å². The lowest BCUT2D eigenvalue weighted by Crippen LogP contribution is -2.47.